The Morgan fingerprint density at radius 2 is 2.12 bits per heavy atom. The first-order chi connectivity index (χ1) is 8.11. The van der Waals surface area contributed by atoms with Gasteiger partial charge in [-0.3, -0.25) is 0 Å². The molecule has 0 atom stereocenters. The lowest BCUT2D eigenvalue weighted by atomic mass is 10.2. The van der Waals surface area contributed by atoms with Crippen LogP contribution in [0.15, 0.2) is 33.9 Å². The molecule has 5 nitrogen and oxygen atoms in total. The summed E-state index contributed by atoms with van der Waals surface area (Å²) in [6.07, 6.45) is 0. The topological polar surface area (TPSA) is 66.6 Å². The quantitative estimate of drug-likeness (QED) is 0.465. The van der Waals surface area contributed by atoms with E-state index in [4.69, 9.17) is 5.53 Å². The summed E-state index contributed by atoms with van der Waals surface area (Å²) in [5, 5.41) is 8.06. The SMILES string of the molecule is Cc1cc(C)n(-c2ccc(Br)cc2N=[N+]=[N-])n1. The molecule has 0 aliphatic heterocycles. The van der Waals surface area contributed by atoms with E-state index in [1.807, 2.05) is 32.0 Å². The molecule has 17 heavy (non-hydrogen) atoms. The molecule has 6 heteroatoms. The lowest BCUT2D eigenvalue weighted by Crippen LogP contribution is -1.99. The van der Waals surface area contributed by atoms with Gasteiger partial charge in [-0.2, -0.15) is 5.10 Å². The van der Waals surface area contributed by atoms with Crippen molar-refractivity contribution in [1.82, 2.24) is 9.78 Å². The average Bonchev–Trinajstić information content (AvgIpc) is 2.59. The molecule has 1 heterocycles. The summed E-state index contributed by atoms with van der Waals surface area (Å²) >= 11 is 3.35. The van der Waals surface area contributed by atoms with Crippen molar-refractivity contribution >= 4 is 21.6 Å². The third-order valence-electron chi connectivity index (χ3n) is 2.33. The van der Waals surface area contributed by atoms with Crippen molar-refractivity contribution in [1.29, 1.82) is 0 Å². The van der Waals surface area contributed by atoms with Crippen LogP contribution in [0.25, 0.3) is 16.1 Å². The van der Waals surface area contributed by atoms with Gasteiger partial charge in [0, 0.05) is 15.1 Å². The van der Waals surface area contributed by atoms with Gasteiger partial charge >= 0.3 is 0 Å². The Hall–Kier alpha value is -1.78. The molecular formula is C11H10BrN5. The zero-order valence-electron chi connectivity index (χ0n) is 9.42. The molecule has 0 aliphatic carbocycles. The van der Waals surface area contributed by atoms with Gasteiger partial charge in [0.15, 0.2) is 0 Å². The minimum atomic E-state index is 0.549. The second-order valence-corrected chi connectivity index (χ2v) is 4.58. The maximum absolute atomic E-state index is 8.57. The number of rotatable bonds is 2. The predicted octanol–water partition coefficient (Wildman–Crippen LogP) is 4.19. The number of halogens is 1. The van der Waals surface area contributed by atoms with E-state index >= 15 is 0 Å². The van der Waals surface area contributed by atoms with Crippen LogP contribution >= 0.6 is 15.9 Å². The molecule has 1 aromatic carbocycles. The van der Waals surface area contributed by atoms with E-state index in [0.717, 1.165) is 21.5 Å². The average molecular weight is 292 g/mol. The van der Waals surface area contributed by atoms with Crippen molar-refractivity contribution in [3.8, 4) is 5.69 Å². The number of azide groups is 1. The number of aromatic nitrogens is 2. The molecule has 0 amide bonds. The molecule has 0 saturated carbocycles. The van der Waals surface area contributed by atoms with E-state index in [9.17, 15) is 0 Å². The molecule has 0 aliphatic rings. The Balaban J connectivity index is 2.66. The van der Waals surface area contributed by atoms with Crippen LogP contribution in [0, 0.1) is 13.8 Å². The Kier molecular flexibility index (Phi) is 3.17. The zero-order valence-corrected chi connectivity index (χ0v) is 11.0. The molecule has 0 N–H and O–H groups in total. The Labute approximate surface area is 107 Å². The highest BCUT2D eigenvalue weighted by Crippen LogP contribution is 2.28. The molecule has 1 aromatic heterocycles. The molecule has 2 rings (SSSR count). The van der Waals surface area contributed by atoms with Gasteiger partial charge in [-0.25, -0.2) is 4.68 Å². The number of benzene rings is 1. The van der Waals surface area contributed by atoms with Crippen LogP contribution in [0.3, 0.4) is 0 Å². The summed E-state index contributed by atoms with van der Waals surface area (Å²) in [5.41, 5.74) is 11.8. The number of hydrogen-bond acceptors (Lipinski definition) is 2. The highest BCUT2D eigenvalue weighted by molar-refractivity contribution is 9.10. The van der Waals surface area contributed by atoms with Gasteiger partial charge < -0.3 is 0 Å². The lowest BCUT2D eigenvalue weighted by molar-refractivity contribution is 0.833. The molecule has 0 fully saturated rings. The van der Waals surface area contributed by atoms with E-state index in [1.165, 1.54) is 0 Å². The van der Waals surface area contributed by atoms with Crippen LogP contribution in [-0.4, -0.2) is 9.78 Å². The first kappa shape index (κ1) is 11.7. The van der Waals surface area contributed by atoms with Crippen LogP contribution < -0.4 is 0 Å². The largest absolute Gasteiger partial charge is 0.237 e. The highest BCUT2D eigenvalue weighted by atomic mass is 79.9. The van der Waals surface area contributed by atoms with E-state index in [1.54, 1.807) is 10.7 Å². The second kappa shape index (κ2) is 4.61. The zero-order chi connectivity index (χ0) is 12.4. The van der Waals surface area contributed by atoms with Gasteiger partial charge in [0.2, 0.25) is 0 Å². The van der Waals surface area contributed by atoms with Crippen LogP contribution in [-0.2, 0) is 0 Å². The minimum absolute atomic E-state index is 0.549. The van der Waals surface area contributed by atoms with Crippen molar-refractivity contribution in [2.45, 2.75) is 13.8 Å². The van der Waals surface area contributed by atoms with Crippen LogP contribution in [0.5, 0.6) is 0 Å². The van der Waals surface area contributed by atoms with Gasteiger partial charge in [-0.15, -0.1) is 0 Å². The van der Waals surface area contributed by atoms with Crippen molar-refractivity contribution in [3.05, 3.63) is 50.6 Å². The molecule has 0 saturated heterocycles. The molecule has 0 spiro atoms. The summed E-state index contributed by atoms with van der Waals surface area (Å²) in [6, 6.07) is 7.50. The Bertz CT molecular complexity index is 610. The third kappa shape index (κ3) is 2.33. The minimum Gasteiger partial charge on any atom is -0.237 e. The van der Waals surface area contributed by atoms with Gasteiger partial charge in [-0.1, -0.05) is 21.0 Å². The maximum atomic E-state index is 8.57. The first-order valence-electron chi connectivity index (χ1n) is 5.00. The van der Waals surface area contributed by atoms with Crippen molar-refractivity contribution in [3.63, 3.8) is 0 Å². The monoisotopic (exact) mass is 291 g/mol. The Morgan fingerprint density at radius 1 is 1.35 bits per heavy atom. The van der Waals surface area contributed by atoms with E-state index in [0.29, 0.717) is 5.69 Å². The van der Waals surface area contributed by atoms with Crippen LogP contribution in [0.4, 0.5) is 5.69 Å². The molecular weight excluding hydrogens is 282 g/mol. The Morgan fingerprint density at radius 3 is 2.71 bits per heavy atom. The highest BCUT2D eigenvalue weighted by Gasteiger charge is 2.08. The van der Waals surface area contributed by atoms with Crippen molar-refractivity contribution < 1.29 is 0 Å². The smallest absolute Gasteiger partial charge is 0.0745 e. The number of nitrogens with zero attached hydrogens (tertiary/aromatic N) is 5. The van der Waals surface area contributed by atoms with Crippen LogP contribution in [0.2, 0.25) is 0 Å². The second-order valence-electron chi connectivity index (χ2n) is 3.66. The fraction of sp³-hybridized carbons (Fsp3) is 0.182. The standard InChI is InChI=1S/C11H10BrN5/c1-7-5-8(2)17(15-7)11-4-3-9(12)6-10(11)14-16-13/h3-6H,1-2H3. The lowest BCUT2D eigenvalue weighted by Gasteiger charge is -2.07. The van der Waals surface area contributed by atoms with Crippen molar-refractivity contribution in [2.75, 3.05) is 0 Å². The molecule has 0 radical (unpaired) electrons. The number of hydrogen-bond donors (Lipinski definition) is 0. The van der Waals surface area contributed by atoms with E-state index in [2.05, 4.69) is 31.1 Å². The molecule has 0 bridgehead atoms. The summed E-state index contributed by atoms with van der Waals surface area (Å²) in [5.74, 6) is 0. The molecule has 0 unspecified atom stereocenters. The summed E-state index contributed by atoms with van der Waals surface area (Å²) in [4.78, 5) is 2.83. The normalized spacial score (nSPS) is 10.1. The van der Waals surface area contributed by atoms with E-state index in [-0.39, 0.29) is 0 Å². The van der Waals surface area contributed by atoms with Gasteiger partial charge in [-0.05, 0) is 43.6 Å². The maximum Gasteiger partial charge on any atom is 0.0745 e. The van der Waals surface area contributed by atoms with Crippen LogP contribution in [0.1, 0.15) is 11.4 Å². The number of aryl methyl sites for hydroxylation is 2. The van der Waals surface area contributed by atoms with Gasteiger partial charge in [0.1, 0.15) is 0 Å². The fourth-order valence-corrected chi connectivity index (χ4v) is 2.03. The summed E-state index contributed by atoms with van der Waals surface area (Å²) in [7, 11) is 0. The van der Waals surface area contributed by atoms with Gasteiger partial charge in [0.25, 0.3) is 0 Å². The first-order valence-corrected chi connectivity index (χ1v) is 5.79. The summed E-state index contributed by atoms with van der Waals surface area (Å²) < 4.78 is 2.64. The fourth-order valence-electron chi connectivity index (χ4n) is 1.68. The molecule has 2 aromatic rings. The third-order valence-corrected chi connectivity index (χ3v) is 2.82. The van der Waals surface area contributed by atoms with Crippen molar-refractivity contribution in [2.24, 2.45) is 5.11 Å². The summed E-state index contributed by atoms with van der Waals surface area (Å²) in [6.45, 7) is 3.89. The molecule has 86 valence electrons. The van der Waals surface area contributed by atoms with Gasteiger partial charge in [0.05, 0.1) is 17.1 Å². The predicted molar refractivity (Wildman–Crippen MR) is 69.5 cm³/mol. The van der Waals surface area contributed by atoms with E-state index < -0.39 is 0 Å².